The molecule has 0 spiro atoms. The minimum Gasteiger partial charge on any atom is -0.285 e. The van der Waals surface area contributed by atoms with Gasteiger partial charge in [0.15, 0.2) is 5.11 Å². The minimum atomic E-state index is -0.332. The molecule has 2 amide bonds. The molecule has 23 heavy (non-hydrogen) atoms. The third-order valence-corrected chi connectivity index (χ3v) is 4.21. The monoisotopic (exact) mass is 328 g/mol. The Labute approximate surface area is 142 Å². The number of carbonyl (C=O) groups is 2. The number of hydrogen-bond acceptors (Lipinski definition) is 3. The van der Waals surface area contributed by atoms with Crippen LogP contribution in [-0.2, 0) is 9.59 Å². The van der Waals surface area contributed by atoms with Gasteiger partial charge in [-0.25, -0.2) is 0 Å². The summed E-state index contributed by atoms with van der Waals surface area (Å²) < 4.78 is 0. The summed E-state index contributed by atoms with van der Waals surface area (Å²) in [5.74, 6) is -0.664. The standard InChI is InChI=1S/C18H20N2O2S/c1-4-19-16(21)15(17(22)20(5-2)18(19)23)12-8-11-14-10-7-6-9-13(14)3/h6-12H,4-5H2,1-3H3. The molecule has 4 nitrogen and oxygen atoms in total. The predicted octanol–water partition coefficient (Wildman–Crippen LogP) is 2.93. The number of rotatable bonds is 4. The lowest BCUT2D eigenvalue weighted by atomic mass is 10.1. The molecule has 1 saturated heterocycles. The van der Waals surface area contributed by atoms with E-state index in [4.69, 9.17) is 12.2 Å². The lowest BCUT2D eigenvalue weighted by Crippen LogP contribution is -2.55. The van der Waals surface area contributed by atoms with E-state index in [0.29, 0.717) is 13.1 Å². The SMILES string of the molecule is CCN1C(=O)C(=CC=Cc2ccccc2C)C(=O)N(CC)C1=S. The van der Waals surface area contributed by atoms with Crippen molar-refractivity contribution in [3.05, 3.63) is 53.1 Å². The van der Waals surface area contributed by atoms with Crippen LogP contribution in [0.3, 0.4) is 0 Å². The van der Waals surface area contributed by atoms with Crippen molar-refractivity contribution in [1.82, 2.24) is 9.80 Å². The molecule has 120 valence electrons. The predicted molar refractivity (Wildman–Crippen MR) is 95.7 cm³/mol. The Kier molecular flexibility index (Phi) is 5.45. The molecule has 1 aliphatic heterocycles. The zero-order valence-corrected chi connectivity index (χ0v) is 14.4. The molecular formula is C18H20N2O2S. The summed E-state index contributed by atoms with van der Waals surface area (Å²) >= 11 is 5.23. The molecule has 1 heterocycles. The van der Waals surface area contributed by atoms with Crippen LogP contribution in [0.25, 0.3) is 6.08 Å². The maximum absolute atomic E-state index is 12.4. The Balaban J connectivity index is 2.32. The molecule has 0 aromatic heterocycles. The van der Waals surface area contributed by atoms with Crippen LogP contribution < -0.4 is 0 Å². The third kappa shape index (κ3) is 3.40. The zero-order chi connectivity index (χ0) is 17.0. The number of thiocarbonyl (C=S) groups is 1. The molecular weight excluding hydrogens is 308 g/mol. The highest BCUT2D eigenvalue weighted by Crippen LogP contribution is 2.18. The first-order chi connectivity index (χ1) is 11.0. The third-order valence-electron chi connectivity index (χ3n) is 3.77. The van der Waals surface area contributed by atoms with Crippen molar-refractivity contribution in [2.75, 3.05) is 13.1 Å². The molecule has 1 aromatic rings. The molecule has 0 aliphatic carbocycles. The number of hydrogen-bond donors (Lipinski definition) is 0. The summed E-state index contributed by atoms with van der Waals surface area (Å²) in [7, 11) is 0. The molecule has 0 unspecified atom stereocenters. The lowest BCUT2D eigenvalue weighted by molar-refractivity contribution is -0.133. The van der Waals surface area contributed by atoms with Crippen molar-refractivity contribution in [2.45, 2.75) is 20.8 Å². The van der Waals surface area contributed by atoms with Gasteiger partial charge in [0.2, 0.25) is 0 Å². The Morgan fingerprint density at radius 1 is 1.04 bits per heavy atom. The van der Waals surface area contributed by atoms with Gasteiger partial charge in [-0.1, -0.05) is 36.4 Å². The van der Waals surface area contributed by atoms with E-state index in [0.717, 1.165) is 11.1 Å². The van der Waals surface area contributed by atoms with E-state index >= 15 is 0 Å². The molecule has 1 aromatic carbocycles. The van der Waals surface area contributed by atoms with Crippen molar-refractivity contribution < 1.29 is 9.59 Å². The van der Waals surface area contributed by atoms with Crippen LogP contribution in [0, 0.1) is 6.92 Å². The molecule has 0 saturated carbocycles. The second-order valence-electron chi connectivity index (χ2n) is 5.18. The van der Waals surface area contributed by atoms with Gasteiger partial charge in [-0.2, -0.15) is 0 Å². The normalized spacial score (nSPS) is 15.8. The first-order valence-corrected chi connectivity index (χ1v) is 8.03. The van der Waals surface area contributed by atoms with Crippen molar-refractivity contribution in [3.63, 3.8) is 0 Å². The minimum absolute atomic E-state index is 0.145. The van der Waals surface area contributed by atoms with Crippen molar-refractivity contribution in [1.29, 1.82) is 0 Å². The summed E-state index contributed by atoms with van der Waals surface area (Å²) in [5.41, 5.74) is 2.33. The fourth-order valence-corrected chi connectivity index (χ4v) is 2.85. The molecule has 2 rings (SSSR count). The summed E-state index contributed by atoms with van der Waals surface area (Å²) in [6.07, 6.45) is 5.20. The van der Waals surface area contributed by atoms with Crippen LogP contribution in [-0.4, -0.2) is 39.8 Å². The summed E-state index contributed by atoms with van der Waals surface area (Å²) in [6.45, 7) is 6.59. The van der Waals surface area contributed by atoms with Crippen LogP contribution in [0.15, 0.2) is 42.0 Å². The summed E-state index contributed by atoms with van der Waals surface area (Å²) in [6, 6.07) is 7.92. The maximum Gasteiger partial charge on any atom is 0.265 e. The van der Waals surface area contributed by atoms with Crippen LogP contribution in [0.2, 0.25) is 0 Å². The van der Waals surface area contributed by atoms with Crippen LogP contribution in [0.4, 0.5) is 0 Å². The molecule has 0 N–H and O–H groups in total. The molecule has 5 heteroatoms. The highest BCUT2D eigenvalue weighted by atomic mass is 32.1. The first kappa shape index (κ1) is 17.1. The fourth-order valence-electron chi connectivity index (χ4n) is 2.42. The van der Waals surface area contributed by atoms with E-state index in [9.17, 15) is 9.59 Å². The van der Waals surface area contributed by atoms with E-state index in [2.05, 4.69) is 0 Å². The number of nitrogens with zero attached hydrogens (tertiary/aromatic N) is 2. The van der Waals surface area contributed by atoms with Gasteiger partial charge in [-0.3, -0.25) is 19.4 Å². The van der Waals surface area contributed by atoms with Gasteiger partial charge in [0.25, 0.3) is 11.8 Å². The van der Waals surface area contributed by atoms with E-state index in [1.807, 2.05) is 51.1 Å². The van der Waals surface area contributed by atoms with Gasteiger partial charge in [0.1, 0.15) is 5.57 Å². The topological polar surface area (TPSA) is 40.6 Å². The van der Waals surface area contributed by atoms with Crippen molar-refractivity contribution in [2.24, 2.45) is 0 Å². The first-order valence-electron chi connectivity index (χ1n) is 7.62. The Morgan fingerprint density at radius 2 is 1.61 bits per heavy atom. The van der Waals surface area contributed by atoms with Crippen LogP contribution >= 0.6 is 12.2 Å². The second-order valence-corrected chi connectivity index (χ2v) is 5.54. The van der Waals surface area contributed by atoms with E-state index < -0.39 is 0 Å². The highest BCUT2D eigenvalue weighted by molar-refractivity contribution is 7.80. The van der Waals surface area contributed by atoms with Gasteiger partial charge in [0, 0.05) is 13.1 Å². The maximum atomic E-state index is 12.4. The quantitative estimate of drug-likeness (QED) is 0.485. The molecule has 1 aliphatic rings. The largest absolute Gasteiger partial charge is 0.285 e. The zero-order valence-electron chi connectivity index (χ0n) is 13.6. The molecule has 0 radical (unpaired) electrons. The van der Waals surface area contributed by atoms with Crippen LogP contribution in [0.5, 0.6) is 0 Å². The number of aryl methyl sites for hydroxylation is 1. The van der Waals surface area contributed by atoms with E-state index in [1.54, 1.807) is 12.2 Å². The number of likely N-dealkylation sites (N-methyl/N-ethyl adjacent to an activating group) is 2. The summed E-state index contributed by atoms with van der Waals surface area (Å²) in [5, 5.41) is 0.282. The average Bonchev–Trinajstić information content (AvgIpc) is 2.53. The highest BCUT2D eigenvalue weighted by Gasteiger charge is 2.37. The van der Waals surface area contributed by atoms with Gasteiger partial charge in [0.05, 0.1) is 0 Å². The van der Waals surface area contributed by atoms with Gasteiger partial charge < -0.3 is 0 Å². The van der Waals surface area contributed by atoms with E-state index in [1.165, 1.54) is 9.80 Å². The van der Waals surface area contributed by atoms with Crippen molar-refractivity contribution >= 4 is 35.2 Å². The number of allylic oxidation sites excluding steroid dienone is 2. The smallest absolute Gasteiger partial charge is 0.265 e. The van der Waals surface area contributed by atoms with Gasteiger partial charge >= 0.3 is 0 Å². The number of carbonyl (C=O) groups excluding carboxylic acids is 2. The molecule has 0 atom stereocenters. The van der Waals surface area contributed by atoms with E-state index in [-0.39, 0.29) is 22.5 Å². The average molecular weight is 328 g/mol. The second kappa shape index (κ2) is 7.33. The van der Waals surface area contributed by atoms with Gasteiger partial charge in [-0.05, 0) is 50.2 Å². The number of benzene rings is 1. The summed E-state index contributed by atoms with van der Waals surface area (Å²) in [4.78, 5) is 27.8. The molecule has 0 bridgehead atoms. The Bertz CT molecular complexity index is 679. The van der Waals surface area contributed by atoms with Crippen LogP contribution in [0.1, 0.15) is 25.0 Å². The molecule has 1 fully saturated rings. The lowest BCUT2D eigenvalue weighted by Gasteiger charge is -2.35. The Morgan fingerprint density at radius 3 is 2.13 bits per heavy atom. The fraction of sp³-hybridized carbons (Fsp3) is 0.278. The number of amides is 2. The Hall–Kier alpha value is -2.27. The van der Waals surface area contributed by atoms with Crippen molar-refractivity contribution in [3.8, 4) is 0 Å². The van der Waals surface area contributed by atoms with Gasteiger partial charge in [-0.15, -0.1) is 0 Å².